The number of alkyl halides is 1. The molecule has 0 radical (unpaired) electrons. The number of fused-ring (bicyclic) bond motifs is 12. The molecule has 8 aliphatic carbocycles. The number of hydrogen-bond acceptors (Lipinski definition) is 10. The Bertz CT molecular complexity index is 2650. The number of aromatic nitrogens is 6. The molecular formula is C61H93BrCl2N6O6. The number of H-pyrrole nitrogens is 1. The first-order valence-corrected chi connectivity index (χ1v) is 29.7. The SMILES string of the molecule is C.C.C.COC[C@@]1(O)CC[C@@]2(C)[C@@H](CC[C@@H]3[C@@H]2CC[C@]2(C)[C@@H](C(=O)CBr)CC[C@@H]32)C1.COC[C@@]1(O)CC[C@@]2(C)[C@@H](CC[C@@H]3[C@@H]2CC[C@]2(C)[C@@H](C(=O)Cn4nc5ccc(Cl)cc5n4)CC[C@@H]32)C1.Clc1ccc2n[nH]nc2c1. The highest BCUT2D eigenvalue weighted by molar-refractivity contribution is 9.09. The molecule has 0 aliphatic heterocycles. The molecule has 2 aromatic heterocycles. The van der Waals surface area contributed by atoms with Crippen LogP contribution >= 0.6 is 39.1 Å². The third-order valence-electron chi connectivity index (χ3n) is 22.3. The number of halogens is 3. The average molecular weight is 1160 g/mol. The number of ether oxygens (including phenoxy) is 2. The highest BCUT2D eigenvalue weighted by atomic mass is 79.9. The van der Waals surface area contributed by atoms with Crippen molar-refractivity contribution >= 4 is 72.8 Å². The molecule has 3 N–H and O–H groups in total. The summed E-state index contributed by atoms with van der Waals surface area (Å²) in [5.41, 5.74) is 2.83. The molecule has 8 saturated carbocycles. The van der Waals surface area contributed by atoms with Gasteiger partial charge in [0.15, 0.2) is 5.78 Å². The van der Waals surface area contributed by atoms with Gasteiger partial charge in [-0.1, -0.05) is 89.1 Å². The first-order valence-electron chi connectivity index (χ1n) is 27.8. The maximum Gasteiger partial charge on any atom is 0.159 e. The minimum absolute atomic E-state index is 0. The van der Waals surface area contributed by atoms with E-state index < -0.39 is 11.2 Å². The van der Waals surface area contributed by atoms with Crippen LogP contribution in [0.1, 0.15) is 166 Å². The van der Waals surface area contributed by atoms with Crippen LogP contribution in [-0.2, 0) is 25.6 Å². The van der Waals surface area contributed by atoms with E-state index in [-0.39, 0.29) is 57.3 Å². The molecule has 12 nitrogen and oxygen atoms in total. The maximum atomic E-state index is 13.6. The van der Waals surface area contributed by atoms with Crippen LogP contribution in [0.25, 0.3) is 22.1 Å². The van der Waals surface area contributed by atoms with Crippen molar-refractivity contribution in [1.82, 2.24) is 30.4 Å². The lowest BCUT2D eigenvalue weighted by atomic mass is 9.44. The number of methoxy groups -OCH3 is 2. The van der Waals surface area contributed by atoms with E-state index >= 15 is 0 Å². The highest BCUT2D eigenvalue weighted by Gasteiger charge is 2.64. The zero-order valence-electron chi connectivity index (χ0n) is 44.2. The Balaban J connectivity index is 0.000000185. The molecule has 0 bridgehead atoms. The summed E-state index contributed by atoms with van der Waals surface area (Å²) in [6.45, 7) is 11.0. The van der Waals surface area contributed by atoms with Gasteiger partial charge in [-0.15, -0.1) is 0 Å². The Hall–Kier alpha value is -2.52. The maximum absolute atomic E-state index is 13.6. The number of nitrogens with one attached hydrogen (secondary N) is 1. The third-order valence-corrected chi connectivity index (χ3v) is 23.4. The van der Waals surface area contributed by atoms with Gasteiger partial charge in [0.2, 0.25) is 0 Å². The van der Waals surface area contributed by atoms with Crippen molar-refractivity contribution in [3.05, 3.63) is 46.4 Å². The van der Waals surface area contributed by atoms with Gasteiger partial charge in [0.05, 0.1) is 29.7 Å². The molecule has 2 heterocycles. The number of Topliss-reactive ketones (excluding diaryl/α,β-unsaturated/α-hetero) is 2. The molecule has 16 atom stereocenters. The fraction of sp³-hybridized carbons (Fsp3) is 0.770. The van der Waals surface area contributed by atoms with Crippen molar-refractivity contribution in [2.24, 2.45) is 80.8 Å². The number of rotatable bonds is 9. The minimum Gasteiger partial charge on any atom is -0.387 e. The minimum atomic E-state index is -0.656. The smallest absolute Gasteiger partial charge is 0.159 e. The third kappa shape index (κ3) is 11.0. The number of carbonyl (C=O) groups excluding carboxylic acids is 2. The van der Waals surface area contributed by atoms with Gasteiger partial charge < -0.3 is 19.7 Å². The van der Waals surface area contributed by atoms with Gasteiger partial charge in [-0.05, 0) is 221 Å². The van der Waals surface area contributed by atoms with Crippen LogP contribution < -0.4 is 0 Å². The van der Waals surface area contributed by atoms with Crippen LogP contribution in [0.3, 0.4) is 0 Å². The van der Waals surface area contributed by atoms with Crippen LogP contribution in [-0.4, -0.2) is 96.1 Å². The summed E-state index contributed by atoms with van der Waals surface area (Å²) in [5, 5.41) is 43.2. The van der Waals surface area contributed by atoms with E-state index in [1.807, 2.05) is 18.2 Å². The first-order chi connectivity index (χ1) is 34.8. The normalized spacial score (nSPS) is 39.8. The summed E-state index contributed by atoms with van der Waals surface area (Å²) in [5.74, 6) is 6.58. The van der Waals surface area contributed by atoms with Gasteiger partial charge in [-0.3, -0.25) is 9.59 Å². The van der Waals surface area contributed by atoms with Crippen molar-refractivity contribution in [3.63, 3.8) is 0 Å². The number of nitrogens with zero attached hydrogens (tertiary/aromatic N) is 5. The second-order valence-corrected chi connectivity index (χ2v) is 27.2. The second kappa shape index (κ2) is 23.5. The summed E-state index contributed by atoms with van der Waals surface area (Å²) < 4.78 is 10.7. The fourth-order valence-corrected chi connectivity index (χ4v) is 19.4. The van der Waals surface area contributed by atoms with E-state index in [0.29, 0.717) is 74.8 Å². The van der Waals surface area contributed by atoms with E-state index in [9.17, 15) is 19.8 Å². The van der Waals surface area contributed by atoms with Gasteiger partial charge in [0, 0.05) is 36.1 Å². The predicted molar refractivity (Wildman–Crippen MR) is 310 cm³/mol. The van der Waals surface area contributed by atoms with Crippen LogP contribution in [0.5, 0.6) is 0 Å². The van der Waals surface area contributed by atoms with E-state index in [1.54, 1.807) is 37.2 Å². The standard InChI is InChI=1S/C29H40ClN3O3.C23H37BrO3.C6H4ClN3.3CH4/c1-27-12-13-29(35,17-36-3)15-18(27)4-6-20-21-7-8-23(28(21,2)11-10-22(20)27)26(34)16-33-31-24-9-5-19(30)14-25(24)32-33;1-21-10-11-23(26,14-27-3)12-15(21)4-5-16-17-6-7-19(20(25)13-24)22(17,2)9-8-18(16)21;7-4-1-2-5-6(3-4)9-10-8-5;;;/h5,9,14,18,20-23,35H,4,6-8,10-13,15-17H2,1-3H3;15-19,26H,4-14H2,1-3H3;1-3H,(H,8,9,10);3*1H4/t18-,20-,21-,22-,23+,27-,28-,29+;15-,16-,17-,18-,19+,21-,22-,23+;;;;/m00..../s1. The summed E-state index contributed by atoms with van der Waals surface area (Å²) in [6.07, 6.45) is 20.0. The number of benzene rings is 2. The number of hydrogen-bond donors (Lipinski definition) is 3. The average Bonchev–Trinajstić information content (AvgIpc) is 4.16. The molecule has 0 unspecified atom stereocenters. The molecular weight excluding hydrogens is 1060 g/mol. The molecule has 8 fully saturated rings. The predicted octanol–water partition coefficient (Wildman–Crippen LogP) is 14.2. The lowest BCUT2D eigenvalue weighted by molar-refractivity contribution is -0.164. The molecule has 4 aromatic rings. The van der Waals surface area contributed by atoms with E-state index in [4.69, 9.17) is 32.7 Å². The van der Waals surface area contributed by atoms with Crippen molar-refractivity contribution in [3.8, 4) is 0 Å². The molecule has 0 amide bonds. The zero-order chi connectivity index (χ0) is 51.7. The van der Waals surface area contributed by atoms with Crippen LogP contribution in [0.2, 0.25) is 10.0 Å². The second-order valence-electron chi connectivity index (χ2n) is 25.8. The highest BCUT2D eigenvalue weighted by Crippen LogP contribution is 2.70. The first kappa shape index (κ1) is 61.1. The summed E-state index contributed by atoms with van der Waals surface area (Å²) in [4.78, 5) is 27.8. The van der Waals surface area contributed by atoms with Gasteiger partial charge in [0.25, 0.3) is 0 Å². The van der Waals surface area contributed by atoms with E-state index in [0.717, 1.165) is 104 Å². The van der Waals surface area contributed by atoms with Crippen molar-refractivity contribution in [2.75, 3.05) is 32.8 Å². The van der Waals surface area contributed by atoms with Gasteiger partial charge in [0.1, 0.15) is 34.4 Å². The van der Waals surface area contributed by atoms with Crippen molar-refractivity contribution < 1.29 is 29.3 Å². The lowest BCUT2D eigenvalue weighted by Crippen LogP contribution is -2.57. The van der Waals surface area contributed by atoms with E-state index in [1.165, 1.54) is 51.4 Å². The van der Waals surface area contributed by atoms with Gasteiger partial charge >= 0.3 is 0 Å². The van der Waals surface area contributed by atoms with Gasteiger partial charge in [-0.25, -0.2) is 0 Å². The number of aromatic amines is 1. The largest absolute Gasteiger partial charge is 0.387 e. The Morgan fingerprint density at radius 3 is 1.54 bits per heavy atom. The summed E-state index contributed by atoms with van der Waals surface area (Å²) >= 11 is 15.2. The lowest BCUT2D eigenvalue weighted by Gasteiger charge is -2.62. The Morgan fingerprint density at radius 1 is 0.592 bits per heavy atom. The van der Waals surface area contributed by atoms with Crippen molar-refractivity contribution in [2.45, 2.75) is 183 Å². The fourth-order valence-electron chi connectivity index (χ4n) is 18.7. The molecule has 12 rings (SSSR count). The summed E-state index contributed by atoms with van der Waals surface area (Å²) in [6, 6.07) is 10.8. The molecule has 15 heteroatoms. The zero-order valence-corrected chi connectivity index (χ0v) is 47.3. The summed E-state index contributed by atoms with van der Waals surface area (Å²) in [7, 11) is 3.40. The number of carbonyl (C=O) groups is 2. The monoisotopic (exact) mass is 1150 g/mol. The molecule has 8 aliphatic rings. The Kier molecular flexibility index (Phi) is 18.9. The molecule has 424 valence electrons. The molecule has 2 aromatic carbocycles. The number of ketones is 2. The number of aliphatic hydroxyl groups is 2. The van der Waals surface area contributed by atoms with Crippen LogP contribution in [0.15, 0.2) is 36.4 Å². The van der Waals surface area contributed by atoms with Gasteiger partial charge in [-0.2, -0.15) is 30.4 Å². The Labute approximate surface area is 473 Å². The topological polar surface area (TPSA) is 165 Å². The molecule has 0 saturated heterocycles. The van der Waals surface area contributed by atoms with Crippen LogP contribution in [0.4, 0.5) is 0 Å². The molecule has 0 spiro atoms. The van der Waals surface area contributed by atoms with Crippen molar-refractivity contribution in [1.29, 1.82) is 0 Å². The molecule has 76 heavy (non-hydrogen) atoms. The Morgan fingerprint density at radius 2 is 1.04 bits per heavy atom. The quantitative estimate of drug-likeness (QED) is 0.137. The van der Waals surface area contributed by atoms with E-state index in [2.05, 4.69) is 69.2 Å². The van der Waals surface area contributed by atoms with Crippen LogP contribution in [0, 0.1) is 80.8 Å².